The number of carbonyl (C=O) groups excluding carboxylic acids is 2. The number of nitrogens with one attached hydrogen (secondary N) is 1. The summed E-state index contributed by atoms with van der Waals surface area (Å²) >= 11 is 0. The van der Waals surface area contributed by atoms with Gasteiger partial charge in [-0.1, -0.05) is 6.08 Å². The number of nitrogens with zero attached hydrogens (tertiary/aromatic N) is 1. The normalized spacial score (nSPS) is 21.7. The van der Waals surface area contributed by atoms with Gasteiger partial charge in [0.2, 0.25) is 11.8 Å². The van der Waals surface area contributed by atoms with Gasteiger partial charge in [-0.3, -0.25) is 9.59 Å². The minimum absolute atomic E-state index is 0.0447. The van der Waals surface area contributed by atoms with Crippen molar-refractivity contribution in [2.75, 3.05) is 33.4 Å². The molecule has 38 heavy (non-hydrogen) atoms. The van der Waals surface area contributed by atoms with E-state index >= 15 is 0 Å². The monoisotopic (exact) mass is 532 g/mol. The van der Waals surface area contributed by atoms with Gasteiger partial charge in [-0.2, -0.15) is 0 Å². The summed E-state index contributed by atoms with van der Waals surface area (Å²) in [6, 6.07) is 2.55. The molecule has 4 unspecified atom stereocenters. The highest BCUT2D eigenvalue weighted by Crippen LogP contribution is 2.51. The van der Waals surface area contributed by atoms with Crippen LogP contribution in [0.2, 0.25) is 0 Å². The van der Waals surface area contributed by atoms with Crippen molar-refractivity contribution in [2.24, 2.45) is 0 Å². The SMILES string of the molecule is C=CCCC(=O)N(CCCOC(C)C)C1C=C(C(=O)NCCO)C2c3cc(CO)cc(OC)c3OC2C1O. The highest BCUT2D eigenvalue weighted by Gasteiger charge is 2.51. The summed E-state index contributed by atoms with van der Waals surface area (Å²) in [6.07, 6.45) is 2.54. The molecule has 0 radical (unpaired) electrons. The van der Waals surface area contributed by atoms with Crippen LogP contribution >= 0.6 is 0 Å². The Balaban J connectivity index is 2.04. The Hall–Kier alpha value is -2.92. The number of aliphatic hydroxyl groups is 3. The molecule has 1 heterocycles. The smallest absolute Gasteiger partial charge is 0.247 e. The number of hydrogen-bond acceptors (Lipinski definition) is 8. The van der Waals surface area contributed by atoms with Gasteiger partial charge in [0.1, 0.15) is 12.2 Å². The highest BCUT2D eigenvalue weighted by molar-refractivity contribution is 5.96. The van der Waals surface area contributed by atoms with Gasteiger partial charge in [0, 0.05) is 37.3 Å². The minimum Gasteiger partial charge on any atom is -0.493 e. The fourth-order valence-electron chi connectivity index (χ4n) is 4.98. The van der Waals surface area contributed by atoms with E-state index < -0.39 is 30.1 Å². The van der Waals surface area contributed by atoms with E-state index in [1.54, 1.807) is 29.2 Å². The standard InChI is InChI=1S/C28H40N2O8/c1-5-6-8-23(33)30(10-7-12-37-17(2)3)21-15-20(28(35)29-9-11-31)24-19-13-18(16-32)14-22(36-4)26(19)38-27(24)25(21)34/h5,13-15,17,21,24-25,27,31-32,34H,1,6-12,16H2,2-4H3,(H,29,35). The number of carbonyl (C=O) groups is 2. The second kappa shape index (κ2) is 13.7. The average molecular weight is 533 g/mol. The first-order chi connectivity index (χ1) is 18.3. The van der Waals surface area contributed by atoms with E-state index in [4.69, 9.17) is 14.2 Å². The number of aliphatic hydroxyl groups excluding tert-OH is 3. The maximum Gasteiger partial charge on any atom is 0.247 e. The van der Waals surface area contributed by atoms with Gasteiger partial charge in [-0.25, -0.2) is 0 Å². The molecule has 2 aliphatic rings. The zero-order chi connectivity index (χ0) is 27.8. The molecule has 2 amide bonds. The van der Waals surface area contributed by atoms with E-state index in [0.717, 1.165) is 0 Å². The Morgan fingerprint density at radius 2 is 2.05 bits per heavy atom. The highest BCUT2D eigenvalue weighted by atomic mass is 16.5. The molecule has 10 nitrogen and oxygen atoms in total. The largest absolute Gasteiger partial charge is 0.493 e. The first-order valence-electron chi connectivity index (χ1n) is 13.1. The first-order valence-corrected chi connectivity index (χ1v) is 13.1. The molecule has 4 N–H and O–H groups in total. The Kier molecular flexibility index (Phi) is 10.7. The number of amides is 2. The van der Waals surface area contributed by atoms with Gasteiger partial charge in [-0.05, 0) is 50.5 Å². The second-order valence-electron chi connectivity index (χ2n) is 9.70. The molecule has 210 valence electrons. The fourth-order valence-corrected chi connectivity index (χ4v) is 4.98. The number of benzene rings is 1. The van der Waals surface area contributed by atoms with Crippen molar-refractivity contribution in [1.82, 2.24) is 10.2 Å². The molecule has 4 atom stereocenters. The molecule has 1 aliphatic carbocycles. The zero-order valence-corrected chi connectivity index (χ0v) is 22.4. The van der Waals surface area contributed by atoms with Crippen molar-refractivity contribution >= 4 is 11.8 Å². The molecule has 0 saturated heterocycles. The van der Waals surface area contributed by atoms with Gasteiger partial charge in [0.05, 0.1) is 38.4 Å². The third-order valence-corrected chi connectivity index (χ3v) is 6.73. The lowest BCUT2D eigenvalue weighted by Crippen LogP contribution is -2.56. The van der Waals surface area contributed by atoms with Crippen LogP contribution in [0.4, 0.5) is 0 Å². The lowest BCUT2D eigenvalue weighted by Gasteiger charge is -2.40. The topological polar surface area (TPSA) is 138 Å². The number of methoxy groups -OCH3 is 1. The zero-order valence-electron chi connectivity index (χ0n) is 22.4. The molecule has 1 aromatic carbocycles. The third kappa shape index (κ3) is 6.55. The molecule has 0 aromatic heterocycles. The van der Waals surface area contributed by atoms with Crippen LogP contribution in [0.15, 0.2) is 36.4 Å². The molecular formula is C28H40N2O8. The predicted molar refractivity (Wildman–Crippen MR) is 141 cm³/mol. The van der Waals surface area contributed by atoms with Crippen molar-refractivity contribution in [3.8, 4) is 11.5 Å². The lowest BCUT2D eigenvalue weighted by molar-refractivity contribution is -0.137. The maximum atomic E-state index is 13.3. The van der Waals surface area contributed by atoms with Crippen molar-refractivity contribution in [3.63, 3.8) is 0 Å². The quantitative estimate of drug-likeness (QED) is 0.209. The van der Waals surface area contributed by atoms with Crippen LogP contribution in [0.25, 0.3) is 0 Å². The average Bonchev–Trinajstić information content (AvgIpc) is 3.30. The second-order valence-corrected chi connectivity index (χ2v) is 9.70. The van der Waals surface area contributed by atoms with Crippen molar-refractivity contribution < 1.29 is 39.1 Å². The van der Waals surface area contributed by atoms with Crippen LogP contribution in [0.5, 0.6) is 11.5 Å². The summed E-state index contributed by atoms with van der Waals surface area (Å²) in [6.45, 7) is 7.88. The number of allylic oxidation sites excluding steroid dienone is 1. The Bertz CT molecular complexity index is 1020. The van der Waals surface area contributed by atoms with Crippen molar-refractivity contribution in [2.45, 2.75) is 70.0 Å². The molecular weight excluding hydrogens is 492 g/mol. The molecule has 1 aromatic rings. The number of rotatable bonds is 14. The van der Waals surface area contributed by atoms with Crippen LogP contribution in [0.1, 0.15) is 50.2 Å². The first kappa shape index (κ1) is 29.6. The van der Waals surface area contributed by atoms with E-state index in [0.29, 0.717) is 54.2 Å². The van der Waals surface area contributed by atoms with Crippen molar-refractivity contribution in [1.29, 1.82) is 0 Å². The molecule has 10 heteroatoms. The van der Waals surface area contributed by atoms with Gasteiger partial charge >= 0.3 is 0 Å². The van der Waals surface area contributed by atoms with Gasteiger partial charge in [0.15, 0.2) is 11.5 Å². The van der Waals surface area contributed by atoms with E-state index in [9.17, 15) is 24.9 Å². The van der Waals surface area contributed by atoms with Crippen LogP contribution in [-0.2, 0) is 20.9 Å². The van der Waals surface area contributed by atoms with Crippen LogP contribution < -0.4 is 14.8 Å². The Labute approximate surface area is 223 Å². The van der Waals surface area contributed by atoms with Crippen LogP contribution in [0.3, 0.4) is 0 Å². The molecule has 3 rings (SSSR count). The summed E-state index contributed by atoms with van der Waals surface area (Å²) < 4.78 is 17.4. The summed E-state index contributed by atoms with van der Waals surface area (Å²) in [5.74, 6) is -0.513. The maximum absolute atomic E-state index is 13.3. The minimum atomic E-state index is -1.15. The summed E-state index contributed by atoms with van der Waals surface area (Å²) in [7, 11) is 1.48. The number of hydrogen-bond donors (Lipinski definition) is 4. The molecule has 0 saturated carbocycles. The predicted octanol–water partition coefficient (Wildman–Crippen LogP) is 1.42. The Morgan fingerprint density at radius 1 is 1.29 bits per heavy atom. The number of fused-ring (bicyclic) bond motifs is 3. The van der Waals surface area contributed by atoms with E-state index in [2.05, 4.69) is 11.9 Å². The summed E-state index contributed by atoms with van der Waals surface area (Å²) in [4.78, 5) is 28.2. The van der Waals surface area contributed by atoms with Crippen LogP contribution in [0, 0.1) is 0 Å². The Morgan fingerprint density at radius 3 is 2.68 bits per heavy atom. The lowest BCUT2D eigenvalue weighted by atomic mass is 9.77. The van der Waals surface area contributed by atoms with Gasteiger partial charge in [-0.15, -0.1) is 6.58 Å². The van der Waals surface area contributed by atoms with E-state index in [1.165, 1.54) is 7.11 Å². The van der Waals surface area contributed by atoms with Crippen LogP contribution in [-0.4, -0.2) is 89.8 Å². The summed E-state index contributed by atoms with van der Waals surface area (Å²) in [5, 5.41) is 33.3. The van der Waals surface area contributed by atoms with E-state index in [-0.39, 0.29) is 38.2 Å². The molecule has 0 fully saturated rings. The fraction of sp³-hybridized carbons (Fsp3) is 0.571. The summed E-state index contributed by atoms with van der Waals surface area (Å²) in [5.41, 5.74) is 1.49. The number of ether oxygens (including phenoxy) is 3. The van der Waals surface area contributed by atoms with Gasteiger partial charge in [0.25, 0.3) is 0 Å². The van der Waals surface area contributed by atoms with E-state index in [1.807, 2.05) is 13.8 Å². The van der Waals surface area contributed by atoms with Gasteiger partial charge < -0.3 is 39.7 Å². The molecule has 1 aliphatic heterocycles. The molecule has 0 spiro atoms. The molecule has 0 bridgehead atoms. The van der Waals surface area contributed by atoms with Crippen molar-refractivity contribution in [3.05, 3.63) is 47.6 Å². The third-order valence-electron chi connectivity index (χ3n) is 6.73.